The zero-order valence-corrected chi connectivity index (χ0v) is 19.9. The molecular weight excluding hydrogens is 459 g/mol. The van der Waals surface area contributed by atoms with Crippen molar-refractivity contribution in [2.75, 3.05) is 19.8 Å². The van der Waals surface area contributed by atoms with Gasteiger partial charge in [-0.2, -0.15) is 0 Å². The third-order valence-corrected chi connectivity index (χ3v) is 7.38. The zero-order chi connectivity index (χ0) is 22.8. The van der Waals surface area contributed by atoms with Crippen molar-refractivity contribution in [3.05, 3.63) is 0 Å². The number of rotatable bonds is 8. The third-order valence-electron chi connectivity index (χ3n) is 5.75. The largest absolute Gasteiger partial charge is 0.470 e. The zero-order valence-electron chi connectivity index (χ0n) is 17.4. The van der Waals surface area contributed by atoms with Crippen molar-refractivity contribution in [1.82, 2.24) is 10.2 Å². The van der Waals surface area contributed by atoms with Crippen molar-refractivity contribution in [1.29, 1.82) is 0 Å². The molecule has 2 aliphatic heterocycles. The Kier molecular flexibility index (Phi) is 9.46. The van der Waals surface area contributed by atoms with Crippen LogP contribution < -0.4 is 5.32 Å². The minimum atomic E-state index is -4.93. The number of amides is 1. The van der Waals surface area contributed by atoms with Gasteiger partial charge in [0.1, 0.15) is 29.9 Å². The number of likely N-dealkylation sites (N-methyl/N-ethyl adjacent to an activating group) is 1. The number of thioether (sulfide) groups is 1. The number of nitrogens with one attached hydrogen (secondary N) is 1. The van der Waals surface area contributed by atoms with E-state index in [1.807, 2.05) is 11.9 Å². The van der Waals surface area contributed by atoms with Crippen LogP contribution in [0, 0.1) is 5.92 Å². The summed E-state index contributed by atoms with van der Waals surface area (Å²) in [6.07, 6.45) is -2.50. The number of likely N-dealkylation sites (tertiary alicyclic amines) is 1. The van der Waals surface area contributed by atoms with E-state index in [0.29, 0.717) is 12.3 Å². The molecule has 10 nitrogen and oxygen atoms in total. The summed E-state index contributed by atoms with van der Waals surface area (Å²) in [6.45, 7) is 4.52. The molecule has 5 N–H and O–H groups in total. The van der Waals surface area contributed by atoms with E-state index in [0.717, 1.165) is 24.7 Å². The number of phosphoric acid groups is 1. The predicted molar refractivity (Wildman–Crippen MR) is 113 cm³/mol. The van der Waals surface area contributed by atoms with Gasteiger partial charge < -0.3 is 30.1 Å². The lowest BCUT2D eigenvalue weighted by Crippen LogP contribution is -2.65. The van der Waals surface area contributed by atoms with Gasteiger partial charge in [-0.15, -0.1) is 23.4 Å². The summed E-state index contributed by atoms with van der Waals surface area (Å²) in [6, 6.07) is -1.18. The van der Waals surface area contributed by atoms with Gasteiger partial charge in [0, 0.05) is 6.54 Å². The van der Waals surface area contributed by atoms with E-state index >= 15 is 0 Å². The standard InChI is InChI=1S/C17H32ClN2O8PS/c1-5-9-6-10(20(3)7-9)16(23)19-11(8(2)18)14-12(21)13(22)15(17(27-14)30-4)28-29(24,25)26/h8-15,17,21-22H,5-7H2,1-4H3,(H,19,23)(H2,24,25,26)/t8-,9+,10+,11+,12+,13+,14-,15-,17+/m0/s1. The van der Waals surface area contributed by atoms with Gasteiger partial charge in [0.05, 0.1) is 17.5 Å². The minimum absolute atomic E-state index is 0.245. The Labute approximate surface area is 185 Å². The topological polar surface area (TPSA) is 149 Å². The number of hydrogen-bond donors (Lipinski definition) is 5. The van der Waals surface area contributed by atoms with Crippen molar-refractivity contribution < 1.29 is 38.6 Å². The molecule has 13 heteroatoms. The molecular formula is C17H32ClN2O8PS. The SMILES string of the molecule is CC[C@@H]1C[C@H](C(=O)N[C@@H]([C@@H]2O[C@H](SC)[C@@H](OP(=O)(O)O)[C@H](O)[C@H]2O)[C@H](C)Cl)N(C)C1. The van der Waals surface area contributed by atoms with Crippen LogP contribution in [0.15, 0.2) is 0 Å². The van der Waals surface area contributed by atoms with Gasteiger partial charge in [-0.3, -0.25) is 14.2 Å². The van der Waals surface area contributed by atoms with Crippen LogP contribution in [0.5, 0.6) is 0 Å². The van der Waals surface area contributed by atoms with Gasteiger partial charge in [0.2, 0.25) is 5.91 Å². The maximum absolute atomic E-state index is 12.9. The van der Waals surface area contributed by atoms with Gasteiger partial charge in [0.25, 0.3) is 0 Å². The quantitative estimate of drug-likeness (QED) is 0.234. The Morgan fingerprint density at radius 1 is 1.40 bits per heavy atom. The van der Waals surface area contributed by atoms with Gasteiger partial charge in [-0.25, -0.2) is 4.57 Å². The molecule has 2 fully saturated rings. The van der Waals surface area contributed by atoms with Crippen LogP contribution in [0.2, 0.25) is 0 Å². The average molecular weight is 491 g/mol. The number of hydrogen-bond acceptors (Lipinski definition) is 8. The Morgan fingerprint density at radius 2 is 2.03 bits per heavy atom. The van der Waals surface area contributed by atoms with E-state index in [9.17, 15) is 19.6 Å². The molecule has 0 bridgehead atoms. The number of nitrogens with zero attached hydrogens (tertiary/aromatic N) is 1. The average Bonchev–Trinajstić information content (AvgIpc) is 3.04. The summed E-state index contributed by atoms with van der Waals surface area (Å²) in [4.78, 5) is 33.1. The molecule has 2 heterocycles. The highest BCUT2D eigenvalue weighted by Crippen LogP contribution is 2.43. The molecule has 30 heavy (non-hydrogen) atoms. The van der Waals surface area contributed by atoms with E-state index in [1.54, 1.807) is 13.2 Å². The van der Waals surface area contributed by atoms with Crippen LogP contribution in [0.25, 0.3) is 0 Å². The van der Waals surface area contributed by atoms with Crippen molar-refractivity contribution in [3.8, 4) is 0 Å². The molecule has 0 spiro atoms. The number of phosphoric ester groups is 1. The van der Waals surface area contributed by atoms with Crippen LogP contribution in [0.4, 0.5) is 0 Å². The van der Waals surface area contributed by atoms with E-state index < -0.39 is 49.1 Å². The first-order valence-corrected chi connectivity index (χ1v) is 13.1. The van der Waals surface area contributed by atoms with Gasteiger partial charge >= 0.3 is 7.82 Å². The second-order valence-corrected chi connectivity index (χ2v) is 10.7. The molecule has 2 aliphatic rings. The summed E-state index contributed by atoms with van der Waals surface area (Å²) in [7, 11) is -3.05. The Hall–Kier alpha value is 0.0600. The summed E-state index contributed by atoms with van der Waals surface area (Å²) in [5.41, 5.74) is -0.991. The molecule has 0 aromatic rings. The van der Waals surface area contributed by atoms with Crippen LogP contribution in [-0.4, -0.2) is 98.0 Å². The number of aliphatic hydroxyl groups excluding tert-OH is 2. The highest BCUT2D eigenvalue weighted by atomic mass is 35.5. The number of carbonyl (C=O) groups is 1. The molecule has 2 saturated heterocycles. The number of alkyl halides is 1. The number of aliphatic hydroxyl groups is 2. The maximum Gasteiger partial charge on any atom is 0.470 e. The van der Waals surface area contributed by atoms with Crippen molar-refractivity contribution >= 4 is 37.1 Å². The van der Waals surface area contributed by atoms with Gasteiger partial charge in [-0.05, 0) is 32.6 Å². The monoisotopic (exact) mass is 490 g/mol. The minimum Gasteiger partial charge on any atom is -0.388 e. The summed E-state index contributed by atoms with van der Waals surface area (Å²) in [5, 5.41) is 23.3. The Balaban J connectivity index is 2.17. The lowest BCUT2D eigenvalue weighted by atomic mass is 9.92. The van der Waals surface area contributed by atoms with Crippen LogP contribution in [0.1, 0.15) is 26.7 Å². The maximum atomic E-state index is 12.9. The van der Waals surface area contributed by atoms with Gasteiger partial charge in [-0.1, -0.05) is 13.3 Å². The molecule has 2 rings (SSSR count). The van der Waals surface area contributed by atoms with E-state index in [1.165, 1.54) is 0 Å². The molecule has 1 amide bonds. The fraction of sp³-hybridized carbons (Fsp3) is 0.941. The van der Waals surface area contributed by atoms with Crippen molar-refractivity contribution in [2.45, 2.75) is 74.0 Å². The molecule has 0 aliphatic carbocycles. The molecule has 0 radical (unpaired) electrons. The number of carbonyl (C=O) groups excluding carboxylic acids is 1. The number of ether oxygens (including phenoxy) is 1. The van der Waals surface area contributed by atoms with E-state index in [2.05, 4.69) is 16.8 Å². The second kappa shape index (κ2) is 10.8. The Bertz CT molecular complexity index is 639. The highest BCUT2D eigenvalue weighted by Gasteiger charge is 2.51. The van der Waals surface area contributed by atoms with Gasteiger partial charge in [0.15, 0.2) is 0 Å². The Morgan fingerprint density at radius 3 is 2.50 bits per heavy atom. The molecule has 0 aromatic heterocycles. The fourth-order valence-corrected chi connectivity index (χ4v) is 5.61. The van der Waals surface area contributed by atoms with E-state index in [-0.39, 0.29) is 11.9 Å². The number of halogens is 1. The summed E-state index contributed by atoms with van der Waals surface area (Å²) < 4.78 is 21.7. The van der Waals surface area contributed by atoms with Crippen LogP contribution >= 0.6 is 31.2 Å². The summed E-state index contributed by atoms with van der Waals surface area (Å²) in [5.74, 6) is 0.174. The first-order chi connectivity index (χ1) is 13.9. The molecule has 176 valence electrons. The lowest BCUT2D eigenvalue weighted by molar-refractivity contribution is -0.201. The normalized spacial score (nSPS) is 37.7. The highest BCUT2D eigenvalue weighted by molar-refractivity contribution is 7.99. The van der Waals surface area contributed by atoms with E-state index in [4.69, 9.17) is 26.1 Å². The third kappa shape index (κ3) is 6.31. The first kappa shape index (κ1) is 26.3. The molecule has 9 atom stereocenters. The molecule has 0 unspecified atom stereocenters. The second-order valence-electron chi connectivity index (χ2n) is 7.92. The smallest absolute Gasteiger partial charge is 0.388 e. The van der Waals surface area contributed by atoms with Crippen molar-refractivity contribution in [3.63, 3.8) is 0 Å². The predicted octanol–water partition coefficient (Wildman–Crippen LogP) is 0.116. The molecule has 0 aromatic carbocycles. The van der Waals surface area contributed by atoms with Crippen LogP contribution in [-0.2, 0) is 18.6 Å². The van der Waals surface area contributed by atoms with Crippen molar-refractivity contribution in [2.24, 2.45) is 5.92 Å². The summed E-state index contributed by atoms with van der Waals surface area (Å²) >= 11 is 7.36. The first-order valence-electron chi connectivity index (χ1n) is 9.82. The molecule has 0 saturated carbocycles. The lowest BCUT2D eigenvalue weighted by Gasteiger charge is -2.45. The fourth-order valence-electron chi connectivity index (χ4n) is 4.05. The van der Waals surface area contributed by atoms with Crippen LogP contribution in [0.3, 0.4) is 0 Å².